The fraction of sp³-hybridized carbons (Fsp3) is 0.533. The monoisotopic (exact) mass is 262 g/mol. The highest BCUT2D eigenvalue weighted by molar-refractivity contribution is 5.71. The molecule has 0 aromatic heterocycles. The van der Waals surface area contributed by atoms with Gasteiger partial charge in [-0.3, -0.25) is 4.79 Å². The molecule has 0 radical (unpaired) electrons. The zero-order chi connectivity index (χ0) is 13.8. The second-order valence-electron chi connectivity index (χ2n) is 5.40. The molecular weight excluding hydrogens is 240 g/mol. The molecule has 1 aromatic carbocycles. The standard InChI is InChI=1S/C15H22N2O2/c1-11(2)13-5-3-4-6-14(13)17-8-7-16-9-12(10-17)15(18)19/h3-6,11-12,16H,7-10H2,1-2H3,(H,18,19). The summed E-state index contributed by atoms with van der Waals surface area (Å²) in [5.41, 5.74) is 2.46. The van der Waals surface area contributed by atoms with Crippen molar-refractivity contribution in [2.75, 3.05) is 31.1 Å². The van der Waals surface area contributed by atoms with Crippen molar-refractivity contribution < 1.29 is 9.90 Å². The predicted octanol–water partition coefficient (Wildman–Crippen LogP) is 1.92. The molecule has 1 aliphatic rings. The van der Waals surface area contributed by atoms with Gasteiger partial charge >= 0.3 is 5.97 Å². The van der Waals surface area contributed by atoms with Crippen LogP contribution in [0, 0.1) is 5.92 Å². The number of nitrogens with one attached hydrogen (secondary N) is 1. The smallest absolute Gasteiger partial charge is 0.309 e. The Morgan fingerprint density at radius 3 is 2.84 bits per heavy atom. The minimum absolute atomic E-state index is 0.345. The molecule has 2 rings (SSSR count). The summed E-state index contributed by atoms with van der Waals surface area (Å²) in [6.45, 7) is 7.15. The predicted molar refractivity (Wildman–Crippen MR) is 76.7 cm³/mol. The summed E-state index contributed by atoms with van der Waals surface area (Å²) in [4.78, 5) is 13.4. The quantitative estimate of drug-likeness (QED) is 0.874. The highest BCUT2D eigenvalue weighted by Gasteiger charge is 2.25. The van der Waals surface area contributed by atoms with Crippen LogP contribution in [0.3, 0.4) is 0 Å². The number of nitrogens with zero attached hydrogens (tertiary/aromatic N) is 1. The number of carbonyl (C=O) groups is 1. The molecule has 1 saturated heterocycles. The molecule has 1 aliphatic heterocycles. The van der Waals surface area contributed by atoms with E-state index in [0.717, 1.165) is 13.1 Å². The molecule has 2 N–H and O–H groups in total. The normalized spacial score (nSPS) is 20.4. The van der Waals surface area contributed by atoms with E-state index in [-0.39, 0.29) is 5.92 Å². The van der Waals surface area contributed by atoms with Gasteiger partial charge in [-0.25, -0.2) is 0 Å². The Morgan fingerprint density at radius 2 is 2.16 bits per heavy atom. The van der Waals surface area contributed by atoms with Crippen LogP contribution in [0.5, 0.6) is 0 Å². The Balaban J connectivity index is 2.26. The van der Waals surface area contributed by atoms with E-state index in [4.69, 9.17) is 0 Å². The molecule has 1 aromatic rings. The zero-order valence-corrected chi connectivity index (χ0v) is 11.6. The van der Waals surface area contributed by atoms with Gasteiger partial charge < -0.3 is 15.3 Å². The highest BCUT2D eigenvalue weighted by atomic mass is 16.4. The number of anilines is 1. The number of benzene rings is 1. The van der Waals surface area contributed by atoms with Crippen molar-refractivity contribution in [1.29, 1.82) is 0 Å². The molecule has 1 heterocycles. The van der Waals surface area contributed by atoms with Gasteiger partial charge in [0, 0.05) is 31.9 Å². The molecule has 0 saturated carbocycles. The van der Waals surface area contributed by atoms with Gasteiger partial charge in [0.15, 0.2) is 0 Å². The lowest BCUT2D eigenvalue weighted by Gasteiger charge is -2.28. The van der Waals surface area contributed by atoms with E-state index < -0.39 is 5.97 Å². The maximum atomic E-state index is 11.2. The summed E-state index contributed by atoms with van der Waals surface area (Å²) < 4.78 is 0. The van der Waals surface area contributed by atoms with Gasteiger partial charge in [-0.2, -0.15) is 0 Å². The molecule has 1 unspecified atom stereocenters. The molecule has 0 amide bonds. The third kappa shape index (κ3) is 3.26. The first-order chi connectivity index (χ1) is 9.09. The molecule has 19 heavy (non-hydrogen) atoms. The molecular formula is C15H22N2O2. The van der Waals surface area contributed by atoms with Crippen LogP contribution in [0.1, 0.15) is 25.3 Å². The molecule has 0 aliphatic carbocycles. The molecule has 4 heteroatoms. The molecule has 104 valence electrons. The number of rotatable bonds is 3. The summed E-state index contributed by atoms with van der Waals surface area (Å²) in [7, 11) is 0. The maximum absolute atomic E-state index is 11.2. The van der Waals surface area contributed by atoms with Crippen molar-refractivity contribution in [2.45, 2.75) is 19.8 Å². The van der Waals surface area contributed by atoms with Crippen LogP contribution in [0.4, 0.5) is 5.69 Å². The number of hydrogen-bond donors (Lipinski definition) is 2. The van der Waals surface area contributed by atoms with Crippen molar-refractivity contribution in [1.82, 2.24) is 5.32 Å². The van der Waals surface area contributed by atoms with Crippen molar-refractivity contribution >= 4 is 11.7 Å². The minimum Gasteiger partial charge on any atom is -0.481 e. The Bertz CT molecular complexity index is 446. The lowest BCUT2D eigenvalue weighted by atomic mass is 9.99. The van der Waals surface area contributed by atoms with Gasteiger partial charge in [0.2, 0.25) is 0 Å². The van der Waals surface area contributed by atoms with Crippen LogP contribution < -0.4 is 10.2 Å². The molecule has 0 bridgehead atoms. The van der Waals surface area contributed by atoms with Gasteiger partial charge in [-0.1, -0.05) is 32.0 Å². The van der Waals surface area contributed by atoms with Crippen molar-refractivity contribution in [2.24, 2.45) is 5.92 Å². The fourth-order valence-electron chi connectivity index (χ4n) is 2.56. The lowest BCUT2D eigenvalue weighted by Crippen LogP contribution is -2.34. The molecule has 4 nitrogen and oxygen atoms in total. The first-order valence-corrected chi connectivity index (χ1v) is 6.87. The second-order valence-corrected chi connectivity index (χ2v) is 5.40. The van der Waals surface area contributed by atoms with E-state index in [9.17, 15) is 9.90 Å². The van der Waals surface area contributed by atoms with Crippen LogP contribution in [-0.4, -0.2) is 37.3 Å². The maximum Gasteiger partial charge on any atom is 0.309 e. The van der Waals surface area contributed by atoms with Gasteiger partial charge in [-0.05, 0) is 17.5 Å². The first-order valence-electron chi connectivity index (χ1n) is 6.87. The van der Waals surface area contributed by atoms with E-state index in [1.807, 2.05) is 12.1 Å². The molecule has 1 fully saturated rings. The van der Waals surface area contributed by atoms with Crippen molar-refractivity contribution in [3.05, 3.63) is 29.8 Å². The van der Waals surface area contributed by atoms with E-state index in [2.05, 4.69) is 36.2 Å². The average Bonchev–Trinajstić information content (AvgIpc) is 2.64. The van der Waals surface area contributed by atoms with E-state index >= 15 is 0 Å². The molecule has 1 atom stereocenters. The summed E-state index contributed by atoms with van der Waals surface area (Å²) in [6, 6.07) is 8.30. The number of aliphatic carboxylic acids is 1. The highest BCUT2D eigenvalue weighted by Crippen LogP contribution is 2.28. The van der Waals surface area contributed by atoms with Crippen molar-refractivity contribution in [3.63, 3.8) is 0 Å². The first kappa shape index (κ1) is 13.9. The Labute approximate surface area is 114 Å². The minimum atomic E-state index is -0.721. The van der Waals surface area contributed by atoms with Crippen LogP contribution in [0.2, 0.25) is 0 Å². The Kier molecular flexibility index (Phi) is 4.43. The molecule has 0 spiro atoms. The SMILES string of the molecule is CC(C)c1ccccc1N1CCNCC(C(=O)O)C1. The number of carboxylic acid groups (broad SMARTS) is 1. The van der Waals surface area contributed by atoms with Crippen LogP contribution in [-0.2, 0) is 4.79 Å². The zero-order valence-electron chi connectivity index (χ0n) is 11.6. The third-order valence-electron chi connectivity index (χ3n) is 3.64. The van der Waals surface area contributed by atoms with Gasteiger partial charge in [-0.15, -0.1) is 0 Å². The van der Waals surface area contributed by atoms with E-state index in [1.54, 1.807) is 0 Å². The van der Waals surface area contributed by atoms with Gasteiger partial charge in [0.25, 0.3) is 0 Å². The van der Waals surface area contributed by atoms with E-state index in [1.165, 1.54) is 11.3 Å². The van der Waals surface area contributed by atoms with Crippen LogP contribution in [0.15, 0.2) is 24.3 Å². The van der Waals surface area contributed by atoms with Crippen molar-refractivity contribution in [3.8, 4) is 0 Å². The fourth-order valence-corrected chi connectivity index (χ4v) is 2.56. The summed E-state index contributed by atoms with van der Waals surface area (Å²) in [6.07, 6.45) is 0. The Hall–Kier alpha value is -1.55. The van der Waals surface area contributed by atoms with E-state index in [0.29, 0.717) is 19.0 Å². The van der Waals surface area contributed by atoms with Gasteiger partial charge in [0.1, 0.15) is 0 Å². The lowest BCUT2D eigenvalue weighted by molar-refractivity contribution is -0.141. The third-order valence-corrected chi connectivity index (χ3v) is 3.64. The number of hydrogen-bond acceptors (Lipinski definition) is 3. The summed E-state index contributed by atoms with van der Waals surface area (Å²) in [5, 5.41) is 12.4. The Morgan fingerprint density at radius 1 is 1.42 bits per heavy atom. The number of carboxylic acids is 1. The topological polar surface area (TPSA) is 52.6 Å². The second kappa shape index (κ2) is 6.06. The summed E-state index contributed by atoms with van der Waals surface area (Å²) >= 11 is 0. The van der Waals surface area contributed by atoms with Crippen LogP contribution >= 0.6 is 0 Å². The number of para-hydroxylation sites is 1. The average molecular weight is 262 g/mol. The largest absolute Gasteiger partial charge is 0.481 e. The van der Waals surface area contributed by atoms with Crippen LogP contribution in [0.25, 0.3) is 0 Å². The summed E-state index contributed by atoms with van der Waals surface area (Å²) in [5.74, 6) is -0.625. The van der Waals surface area contributed by atoms with Gasteiger partial charge in [0.05, 0.1) is 5.92 Å².